The molecule has 2 nitrogen and oxygen atoms in total. The molecule has 3 aromatic rings. The molecule has 0 fully saturated rings. The zero-order chi connectivity index (χ0) is 15.0. The second-order valence-electron chi connectivity index (χ2n) is 4.72. The maximum atomic E-state index is 14.2. The Bertz CT molecular complexity index is 861. The third kappa shape index (κ3) is 2.30. The second kappa shape index (κ2) is 5.26. The lowest BCUT2D eigenvalue weighted by atomic mass is 9.94. The van der Waals surface area contributed by atoms with Gasteiger partial charge in [0, 0.05) is 28.3 Å². The molecule has 0 saturated heterocycles. The van der Waals surface area contributed by atoms with Crippen LogP contribution in [0.15, 0.2) is 48.7 Å². The van der Waals surface area contributed by atoms with Crippen molar-refractivity contribution in [1.82, 2.24) is 4.98 Å². The molecule has 21 heavy (non-hydrogen) atoms. The quantitative estimate of drug-likeness (QED) is 0.630. The summed E-state index contributed by atoms with van der Waals surface area (Å²) in [5.41, 5.74) is 1.74. The average Bonchev–Trinajstić information content (AvgIpc) is 2.48. The van der Waals surface area contributed by atoms with Crippen molar-refractivity contribution in [3.05, 3.63) is 65.1 Å². The lowest BCUT2D eigenvalue weighted by Gasteiger charge is -2.13. The molecule has 0 atom stereocenters. The van der Waals surface area contributed by atoms with E-state index < -0.39 is 5.82 Å². The van der Waals surface area contributed by atoms with E-state index in [1.54, 1.807) is 42.6 Å². The predicted octanol–water partition coefficient (Wildman–Crippen LogP) is 4.90. The predicted molar refractivity (Wildman–Crippen MR) is 82.2 cm³/mol. The molecule has 0 N–H and O–H groups in total. The molecule has 0 bridgehead atoms. The number of pyridine rings is 1. The zero-order valence-corrected chi connectivity index (χ0v) is 12.0. The first-order valence-corrected chi connectivity index (χ1v) is 6.80. The molecule has 1 heterocycles. The van der Waals surface area contributed by atoms with E-state index in [0.29, 0.717) is 32.6 Å². The monoisotopic (exact) mass is 299 g/mol. The van der Waals surface area contributed by atoms with Gasteiger partial charge in [-0.3, -0.25) is 9.78 Å². The molecule has 1 aromatic heterocycles. The summed E-state index contributed by atoms with van der Waals surface area (Å²) in [6.07, 6.45) is 1.60. The Hall–Kier alpha value is -2.26. The number of fused-ring (bicyclic) bond motifs is 1. The van der Waals surface area contributed by atoms with E-state index in [2.05, 4.69) is 4.98 Å². The highest BCUT2D eigenvalue weighted by molar-refractivity contribution is 6.36. The average molecular weight is 300 g/mol. The number of aromatic nitrogens is 1. The summed E-state index contributed by atoms with van der Waals surface area (Å²) < 4.78 is 14.2. The Balaban J connectivity index is 2.50. The molecule has 0 aliphatic carbocycles. The van der Waals surface area contributed by atoms with Crippen molar-refractivity contribution in [3.8, 4) is 11.1 Å². The summed E-state index contributed by atoms with van der Waals surface area (Å²) in [6, 6.07) is 11.5. The molecule has 0 spiro atoms. The highest BCUT2D eigenvalue weighted by atomic mass is 35.5. The van der Waals surface area contributed by atoms with Gasteiger partial charge in [-0.25, -0.2) is 4.39 Å². The third-order valence-corrected chi connectivity index (χ3v) is 3.68. The van der Waals surface area contributed by atoms with Crippen molar-refractivity contribution in [2.45, 2.75) is 6.92 Å². The van der Waals surface area contributed by atoms with Gasteiger partial charge in [0.25, 0.3) is 0 Å². The first-order valence-electron chi connectivity index (χ1n) is 6.42. The molecule has 4 heteroatoms. The summed E-state index contributed by atoms with van der Waals surface area (Å²) in [4.78, 5) is 16.2. The smallest absolute Gasteiger partial charge is 0.160 e. The zero-order valence-electron chi connectivity index (χ0n) is 11.2. The summed E-state index contributed by atoms with van der Waals surface area (Å²) in [7, 11) is 0. The maximum absolute atomic E-state index is 14.2. The van der Waals surface area contributed by atoms with E-state index in [1.807, 2.05) is 0 Å². The normalized spacial score (nSPS) is 10.8. The minimum atomic E-state index is -0.394. The summed E-state index contributed by atoms with van der Waals surface area (Å²) in [5.74, 6) is -0.572. The topological polar surface area (TPSA) is 30.0 Å². The van der Waals surface area contributed by atoms with Crippen molar-refractivity contribution in [2.75, 3.05) is 0 Å². The molecule has 0 radical (unpaired) electrons. The Kier molecular flexibility index (Phi) is 3.43. The SMILES string of the molecule is CC(=O)c1cc(Cl)c2cccnc2c1-c1ccccc1F. The molecule has 0 aliphatic rings. The van der Waals surface area contributed by atoms with Gasteiger partial charge >= 0.3 is 0 Å². The van der Waals surface area contributed by atoms with Crippen LogP contribution in [0.5, 0.6) is 0 Å². The maximum Gasteiger partial charge on any atom is 0.160 e. The lowest BCUT2D eigenvalue weighted by molar-refractivity contribution is 0.101. The van der Waals surface area contributed by atoms with Crippen LogP contribution in [0.3, 0.4) is 0 Å². The highest BCUT2D eigenvalue weighted by Gasteiger charge is 2.18. The van der Waals surface area contributed by atoms with Crippen molar-refractivity contribution in [2.24, 2.45) is 0 Å². The molecular weight excluding hydrogens is 289 g/mol. The van der Waals surface area contributed by atoms with Gasteiger partial charge in [-0.2, -0.15) is 0 Å². The number of hydrogen-bond acceptors (Lipinski definition) is 2. The van der Waals surface area contributed by atoms with Crippen LogP contribution in [0.2, 0.25) is 5.02 Å². The third-order valence-electron chi connectivity index (χ3n) is 3.36. The number of Topliss-reactive ketones (excluding diaryl/α,β-unsaturated/α-hetero) is 1. The lowest BCUT2D eigenvalue weighted by Crippen LogP contribution is -2.00. The van der Waals surface area contributed by atoms with Crippen molar-refractivity contribution < 1.29 is 9.18 Å². The largest absolute Gasteiger partial charge is 0.294 e. The number of hydrogen-bond donors (Lipinski definition) is 0. The fraction of sp³-hybridized carbons (Fsp3) is 0.0588. The van der Waals surface area contributed by atoms with Gasteiger partial charge in [0.15, 0.2) is 5.78 Å². The van der Waals surface area contributed by atoms with E-state index in [1.165, 1.54) is 13.0 Å². The number of carbonyl (C=O) groups is 1. The molecule has 104 valence electrons. The Labute approximate surface area is 126 Å². The number of rotatable bonds is 2. The Morgan fingerprint density at radius 2 is 1.95 bits per heavy atom. The first-order chi connectivity index (χ1) is 10.1. The van der Waals surface area contributed by atoms with Crippen molar-refractivity contribution >= 4 is 28.3 Å². The van der Waals surface area contributed by atoms with Crippen LogP contribution >= 0.6 is 11.6 Å². The fourth-order valence-electron chi connectivity index (χ4n) is 2.42. The van der Waals surface area contributed by atoms with Crippen LogP contribution < -0.4 is 0 Å². The standard InChI is InChI=1S/C17H11ClFNO/c1-10(21)13-9-14(18)11-6-4-8-20-17(11)16(13)12-5-2-3-7-15(12)19/h2-9H,1H3. The minimum Gasteiger partial charge on any atom is -0.294 e. The molecule has 0 aliphatic heterocycles. The van der Waals surface area contributed by atoms with Crippen LogP contribution in [0.1, 0.15) is 17.3 Å². The molecule has 3 rings (SSSR count). The summed E-state index contributed by atoms with van der Waals surface area (Å²) >= 11 is 6.22. The van der Waals surface area contributed by atoms with Gasteiger partial charge in [-0.15, -0.1) is 0 Å². The van der Waals surface area contributed by atoms with Crippen LogP contribution in [-0.4, -0.2) is 10.8 Å². The van der Waals surface area contributed by atoms with Gasteiger partial charge in [0.2, 0.25) is 0 Å². The van der Waals surface area contributed by atoms with Crippen LogP contribution in [-0.2, 0) is 0 Å². The van der Waals surface area contributed by atoms with Crippen LogP contribution in [0, 0.1) is 5.82 Å². The van der Waals surface area contributed by atoms with Gasteiger partial charge in [-0.1, -0.05) is 29.8 Å². The second-order valence-corrected chi connectivity index (χ2v) is 5.12. The van der Waals surface area contributed by atoms with E-state index in [9.17, 15) is 9.18 Å². The number of benzene rings is 2. The van der Waals surface area contributed by atoms with Crippen molar-refractivity contribution in [1.29, 1.82) is 0 Å². The van der Waals surface area contributed by atoms with E-state index in [-0.39, 0.29) is 5.78 Å². The van der Waals surface area contributed by atoms with Crippen molar-refractivity contribution in [3.63, 3.8) is 0 Å². The Morgan fingerprint density at radius 1 is 1.19 bits per heavy atom. The van der Waals surface area contributed by atoms with E-state index in [0.717, 1.165) is 0 Å². The molecule has 0 saturated carbocycles. The van der Waals surface area contributed by atoms with Gasteiger partial charge in [-0.05, 0) is 31.2 Å². The number of nitrogens with zero attached hydrogens (tertiary/aromatic N) is 1. The van der Waals surface area contributed by atoms with E-state index >= 15 is 0 Å². The van der Waals surface area contributed by atoms with Crippen LogP contribution in [0.25, 0.3) is 22.0 Å². The molecule has 2 aromatic carbocycles. The summed E-state index contributed by atoms with van der Waals surface area (Å²) in [6.45, 7) is 1.44. The number of ketones is 1. The van der Waals surface area contributed by atoms with Gasteiger partial charge in [0.05, 0.1) is 10.5 Å². The minimum absolute atomic E-state index is 0.178. The molecule has 0 unspecified atom stereocenters. The molecule has 0 amide bonds. The number of carbonyl (C=O) groups excluding carboxylic acids is 1. The first kappa shape index (κ1) is 13.7. The fourth-order valence-corrected chi connectivity index (χ4v) is 2.68. The van der Waals surface area contributed by atoms with Gasteiger partial charge < -0.3 is 0 Å². The van der Waals surface area contributed by atoms with Gasteiger partial charge in [0.1, 0.15) is 5.82 Å². The number of halogens is 2. The Morgan fingerprint density at radius 3 is 2.67 bits per heavy atom. The summed E-state index contributed by atoms with van der Waals surface area (Å²) in [5, 5.41) is 1.13. The highest BCUT2D eigenvalue weighted by Crippen LogP contribution is 2.36. The molecular formula is C17H11ClFNO. The van der Waals surface area contributed by atoms with Crippen LogP contribution in [0.4, 0.5) is 4.39 Å². The van der Waals surface area contributed by atoms with E-state index in [4.69, 9.17) is 11.6 Å².